The summed E-state index contributed by atoms with van der Waals surface area (Å²) in [7, 11) is -4.88. The molecule has 1 aliphatic rings. The van der Waals surface area contributed by atoms with Gasteiger partial charge in [-0.3, -0.25) is 0 Å². The van der Waals surface area contributed by atoms with Crippen molar-refractivity contribution in [1.82, 2.24) is 4.31 Å². The number of nitrogens with two attached hydrogens (primary N) is 1. The predicted molar refractivity (Wildman–Crippen MR) is 43.6 cm³/mol. The van der Waals surface area contributed by atoms with Gasteiger partial charge in [0.05, 0.1) is 6.18 Å². The fraction of sp³-hybridized carbons (Fsp3) is 1.00. The van der Waals surface area contributed by atoms with Gasteiger partial charge < -0.3 is 5.73 Å². The molecule has 0 aromatic carbocycles. The Kier molecular flexibility index (Phi) is 0.834. The molecule has 0 saturated carbocycles. The molecule has 11 heavy (non-hydrogen) atoms. The second-order valence-electron chi connectivity index (χ2n) is 2.04. The highest BCUT2D eigenvalue weighted by Crippen LogP contribution is 2.10. The van der Waals surface area contributed by atoms with E-state index in [0.717, 1.165) is 0 Å². The monoisotopic (exact) mass is 186 g/mol. The number of hydrogen-bond acceptors (Lipinski definition) is 3. The van der Waals surface area contributed by atoms with Gasteiger partial charge >= 0.3 is 0 Å². The zero-order valence-corrected chi connectivity index (χ0v) is 6.48. The Bertz CT molecular complexity index is 450. The molecule has 4 nitrogen and oxygen atoms in total. The molecule has 1 aliphatic heterocycles. The lowest BCUT2D eigenvalue weighted by molar-refractivity contribution is 0.322. The lowest BCUT2D eigenvalue weighted by atomic mass is 10.1. The lowest BCUT2D eigenvalue weighted by Gasteiger charge is -2.27. The smallest absolute Gasteiger partial charge is 0.211 e. The summed E-state index contributed by atoms with van der Waals surface area (Å²) in [6.45, 7) is -1.96. The largest absolute Gasteiger partial charge is 0.328 e. The van der Waals surface area contributed by atoms with Crippen LogP contribution in [0.5, 0.6) is 0 Å². The van der Waals surface area contributed by atoms with Gasteiger partial charge in [-0.15, -0.1) is 0 Å². The first-order valence-corrected chi connectivity index (χ1v) is 4.29. The Labute approximate surface area is 78.7 Å². The van der Waals surface area contributed by atoms with Gasteiger partial charge in [0.1, 0.15) is 0 Å². The molecule has 0 radical (unpaired) electrons. The normalized spacial score (nSPS) is 47.7. The summed E-state index contributed by atoms with van der Waals surface area (Å²) in [5.74, 6) is 0. The van der Waals surface area contributed by atoms with Crippen LogP contribution in [0.2, 0.25) is 0 Å². The molecular weight excluding hydrogens is 164 g/mol. The molecule has 1 rings (SSSR count). The summed E-state index contributed by atoms with van der Waals surface area (Å²) in [5.41, 5.74) is 5.30. The summed E-state index contributed by atoms with van der Waals surface area (Å²) in [4.78, 5) is 0. The maximum Gasteiger partial charge on any atom is 0.211 e. The highest BCUT2D eigenvalue weighted by molar-refractivity contribution is 7.88. The van der Waals surface area contributed by atoms with Gasteiger partial charge in [-0.05, 0) is 12.7 Å². The molecule has 0 aliphatic carbocycles. The Morgan fingerprint density at radius 3 is 2.73 bits per heavy atom. The Hall–Kier alpha value is -0.130. The minimum absolute atomic E-state index is 0.194. The van der Waals surface area contributed by atoms with Gasteiger partial charge in [-0.25, -0.2) is 12.7 Å². The van der Waals surface area contributed by atoms with E-state index in [2.05, 4.69) is 0 Å². The van der Waals surface area contributed by atoms with E-state index in [-0.39, 0.29) is 4.31 Å². The molecule has 2 N–H and O–H groups in total. The molecule has 0 aromatic rings. The molecule has 1 fully saturated rings. The molecule has 0 atom stereocenters. The molecule has 1 heterocycles. The molecule has 0 unspecified atom stereocenters. The van der Waals surface area contributed by atoms with E-state index < -0.39 is 48.1 Å². The van der Waals surface area contributed by atoms with Gasteiger partial charge in [0, 0.05) is 30.1 Å². The highest BCUT2D eigenvalue weighted by Gasteiger charge is 2.22. The molecular formula is C6H14N2O2S. The van der Waals surface area contributed by atoms with Crippen molar-refractivity contribution < 1.29 is 19.4 Å². The molecule has 5 heteroatoms. The zero-order valence-electron chi connectivity index (χ0n) is 13.7. The van der Waals surface area contributed by atoms with E-state index in [1.54, 1.807) is 0 Å². The summed E-state index contributed by atoms with van der Waals surface area (Å²) in [6, 6.07) is -2.68. The standard InChI is InChI=1S/C6H14N2O2S/c1-11(9,10)8-4-2-6(7)3-5-8/h6H,2-5,7H2,1H3/i1D3,2D2,3D2,6D. The van der Waals surface area contributed by atoms with Crippen molar-refractivity contribution in [2.75, 3.05) is 19.3 Å². The minimum Gasteiger partial charge on any atom is -0.328 e. The Morgan fingerprint density at radius 2 is 2.27 bits per heavy atom. The second-order valence-corrected chi connectivity index (χ2v) is 3.51. The fourth-order valence-electron chi connectivity index (χ4n) is 0.635. The first-order chi connectivity index (χ1) is 8.06. The molecule has 1 saturated heterocycles. The second kappa shape index (κ2) is 3.08. The van der Waals surface area contributed by atoms with E-state index in [1.807, 2.05) is 0 Å². The number of rotatable bonds is 1. The number of sulfonamides is 1. The molecule has 0 aromatic heterocycles. The summed E-state index contributed by atoms with van der Waals surface area (Å²) >= 11 is 0. The van der Waals surface area contributed by atoms with Gasteiger partial charge in [0.15, 0.2) is 0 Å². The van der Waals surface area contributed by atoms with Crippen molar-refractivity contribution in [3.8, 4) is 0 Å². The highest BCUT2D eigenvalue weighted by atomic mass is 32.2. The SMILES string of the molecule is [2H]C1([2H])CN(S(=O)(=O)C([2H])([2H])[2H])CC([2H])([2H])C1([2H])N. The molecule has 0 bridgehead atoms. The van der Waals surface area contributed by atoms with Gasteiger partial charge in [0.25, 0.3) is 0 Å². The van der Waals surface area contributed by atoms with E-state index >= 15 is 0 Å². The molecule has 66 valence electrons. The van der Waals surface area contributed by atoms with Gasteiger partial charge in [-0.1, -0.05) is 0 Å². The average molecular weight is 186 g/mol. The van der Waals surface area contributed by atoms with Crippen LogP contribution in [-0.4, -0.2) is 38.0 Å². The van der Waals surface area contributed by atoms with E-state index in [1.165, 1.54) is 0 Å². The van der Waals surface area contributed by atoms with Crippen LogP contribution in [0, 0.1) is 0 Å². The first kappa shape index (κ1) is 2.97. The zero-order chi connectivity index (χ0) is 15.5. The average Bonchev–Trinajstić information content (AvgIpc) is 2.11. The van der Waals surface area contributed by atoms with Crippen molar-refractivity contribution in [3.05, 3.63) is 0 Å². The maximum absolute atomic E-state index is 11.7. The quantitative estimate of drug-likeness (QED) is 0.593. The van der Waals surface area contributed by atoms with Crippen molar-refractivity contribution >= 4 is 10.0 Å². The third-order valence-corrected chi connectivity index (χ3v) is 2.17. The number of nitrogens with zero attached hydrogens (tertiary/aromatic N) is 1. The summed E-state index contributed by atoms with van der Waals surface area (Å²) in [5, 5.41) is 0. The van der Waals surface area contributed by atoms with Crippen LogP contribution in [0.1, 0.15) is 23.7 Å². The summed E-state index contributed by atoms with van der Waals surface area (Å²) in [6.07, 6.45) is -8.88. The van der Waals surface area contributed by atoms with Crippen molar-refractivity contribution in [2.45, 2.75) is 18.8 Å². The van der Waals surface area contributed by atoms with E-state index in [4.69, 9.17) is 16.7 Å². The van der Waals surface area contributed by atoms with Crippen LogP contribution >= 0.6 is 0 Å². The Morgan fingerprint density at radius 1 is 1.73 bits per heavy atom. The lowest BCUT2D eigenvalue weighted by Crippen LogP contribution is -2.42. The van der Waals surface area contributed by atoms with Crippen LogP contribution in [0.4, 0.5) is 0 Å². The van der Waals surface area contributed by atoms with Crippen LogP contribution in [0.3, 0.4) is 0 Å². The van der Waals surface area contributed by atoms with Crippen LogP contribution in [-0.2, 0) is 10.0 Å². The molecule has 0 amide bonds. The Balaban J connectivity index is 3.27. The number of hydrogen-bond donors (Lipinski definition) is 1. The van der Waals surface area contributed by atoms with Crippen molar-refractivity contribution in [1.29, 1.82) is 0 Å². The van der Waals surface area contributed by atoms with E-state index in [0.29, 0.717) is 0 Å². The van der Waals surface area contributed by atoms with Crippen LogP contribution in [0.25, 0.3) is 0 Å². The molecule has 0 spiro atoms. The third kappa shape index (κ3) is 2.43. The predicted octanol–water partition coefficient (Wildman–Crippen LogP) is -0.631. The van der Waals surface area contributed by atoms with Gasteiger partial charge in [-0.2, -0.15) is 0 Å². The summed E-state index contributed by atoms with van der Waals surface area (Å²) < 4.78 is 82.0. The third-order valence-electron chi connectivity index (χ3n) is 1.23. The topological polar surface area (TPSA) is 63.4 Å². The van der Waals surface area contributed by atoms with E-state index in [9.17, 15) is 8.42 Å². The maximum atomic E-state index is 11.7. The first-order valence-electron chi connectivity index (χ1n) is 6.85. The van der Waals surface area contributed by atoms with Gasteiger partial charge in [0.2, 0.25) is 10.0 Å². The van der Waals surface area contributed by atoms with Crippen molar-refractivity contribution in [2.24, 2.45) is 5.73 Å². The van der Waals surface area contributed by atoms with Crippen molar-refractivity contribution in [3.63, 3.8) is 0 Å². The fourth-order valence-corrected chi connectivity index (χ4v) is 1.10. The van der Waals surface area contributed by atoms with Crippen LogP contribution < -0.4 is 5.73 Å². The minimum atomic E-state index is -4.88. The van der Waals surface area contributed by atoms with Crippen LogP contribution in [0.15, 0.2) is 0 Å². The number of piperidine rings is 1.